The third-order valence-corrected chi connectivity index (χ3v) is 2.85. The Bertz CT molecular complexity index is 160. The molecular formula is C10H18O3. The monoisotopic (exact) mass is 186 g/mol. The summed E-state index contributed by atoms with van der Waals surface area (Å²) in [6.45, 7) is 2.76. The number of ether oxygens (including phenoxy) is 1. The lowest BCUT2D eigenvalue weighted by Gasteiger charge is -2.35. The van der Waals surface area contributed by atoms with Crippen LogP contribution in [0.4, 0.5) is 0 Å². The van der Waals surface area contributed by atoms with Crippen molar-refractivity contribution in [2.24, 2.45) is 0 Å². The van der Waals surface area contributed by atoms with E-state index in [4.69, 9.17) is 14.5 Å². The molecule has 2 aliphatic rings. The van der Waals surface area contributed by atoms with Gasteiger partial charge < -0.3 is 4.74 Å². The van der Waals surface area contributed by atoms with Crippen molar-refractivity contribution < 1.29 is 14.5 Å². The van der Waals surface area contributed by atoms with Crippen molar-refractivity contribution in [2.45, 2.75) is 57.3 Å². The molecule has 1 heterocycles. The first-order chi connectivity index (χ1) is 6.29. The summed E-state index contributed by atoms with van der Waals surface area (Å²) in [7, 11) is 0. The Balaban J connectivity index is 1.71. The molecule has 1 aliphatic carbocycles. The van der Waals surface area contributed by atoms with E-state index in [0.29, 0.717) is 6.10 Å². The molecule has 1 saturated heterocycles. The molecule has 76 valence electrons. The molecule has 0 radical (unpaired) electrons. The second-order valence-electron chi connectivity index (χ2n) is 4.17. The molecule has 1 saturated carbocycles. The smallest absolute Gasteiger partial charge is 0.198 e. The molecule has 3 heteroatoms. The minimum Gasteiger partial charge on any atom is -0.348 e. The van der Waals surface area contributed by atoms with Crippen LogP contribution >= 0.6 is 0 Å². The largest absolute Gasteiger partial charge is 0.348 e. The van der Waals surface area contributed by atoms with E-state index in [2.05, 4.69) is 0 Å². The maximum atomic E-state index is 5.54. The molecule has 0 aromatic rings. The Morgan fingerprint density at radius 1 is 1.23 bits per heavy atom. The van der Waals surface area contributed by atoms with Crippen LogP contribution in [-0.2, 0) is 14.5 Å². The highest BCUT2D eigenvalue weighted by Gasteiger charge is 2.32. The van der Waals surface area contributed by atoms with Gasteiger partial charge in [-0.2, -0.15) is 0 Å². The predicted molar refractivity (Wildman–Crippen MR) is 48.0 cm³/mol. The molecule has 0 amide bonds. The Kier molecular flexibility index (Phi) is 2.86. The van der Waals surface area contributed by atoms with Gasteiger partial charge in [-0.1, -0.05) is 0 Å². The normalized spacial score (nSPS) is 35.8. The molecule has 0 bridgehead atoms. The van der Waals surface area contributed by atoms with Crippen molar-refractivity contribution in [2.75, 3.05) is 6.61 Å². The first-order valence-electron chi connectivity index (χ1n) is 5.27. The van der Waals surface area contributed by atoms with Gasteiger partial charge in [-0.25, -0.2) is 9.78 Å². The second kappa shape index (κ2) is 3.95. The van der Waals surface area contributed by atoms with Crippen LogP contribution in [0.25, 0.3) is 0 Å². The lowest BCUT2D eigenvalue weighted by Crippen LogP contribution is -2.38. The second-order valence-corrected chi connectivity index (χ2v) is 4.17. The first-order valence-corrected chi connectivity index (χ1v) is 5.27. The van der Waals surface area contributed by atoms with E-state index in [1.54, 1.807) is 0 Å². The molecule has 0 aromatic carbocycles. The average Bonchev–Trinajstić information content (AvgIpc) is 2.02. The summed E-state index contributed by atoms with van der Waals surface area (Å²) in [5, 5.41) is 0. The molecule has 13 heavy (non-hydrogen) atoms. The van der Waals surface area contributed by atoms with Crippen LogP contribution < -0.4 is 0 Å². The summed E-state index contributed by atoms with van der Waals surface area (Å²) < 4.78 is 5.54. The molecule has 1 unspecified atom stereocenters. The van der Waals surface area contributed by atoms with Crippen LogP contribution in [0.2, 0.25) is 0 Å². The van der Waals surface area contributed by atoms with Gasteiger partial charge in [0.05, 0.1) is 12.7 Å². The molecule has 0 aromatic heterocycles. The zero-order chi connectivity index (χ0) is 9.15. The van der Waals surface area contributed by atoms with Crippen molar-refractivity contribution in [3.8, 4) is 0 Å². The minimum atomic E-state index is -0.478. The third-order valence-electron chi connectivity index (χ3n) is 2.85. The number of hydrogen-bond donors (Lipinski definition) is 0. The summed E-state index contributed by atoms with van der Waals surface area (Å²) in [6, 6.07) is 0. The fraction of sp³-hybridized carbons (Fsp3) is 1.00. The minimum absolute atomic E-state index is 0.322. The van der Waals surface area contributed by atoms with E-state index in [-0.39, 0.29) is 0 Å². The standard InChI is InChI=1S/C10H18O3/c1-10(7-2-3-8-11-10)13-12-9-5-4-6-9/h9H,2-8H2,1H3. The number of hydrogen-bond acceptors (Lipinski definition) is 3. The van der Waals surface area contributed by atoms with Gasteiger partial charge in [-0.05, 0) is 39.0 Å². The highest BCUT2D eigenvalue weighted by atomic mass is 17.2. The van der Waals surface area contributed by atoms with Gasteiger partial charge in [-0.3, -0.25) is 0 Å². The fourth-order valence-electron chi connectivity index (χ4n) is 1.61. The van der Waals surface area contributed by atoms with Gasteiger partial charge >= 0.3 is 0 Å². The molecule has 1 aliphatic heterocycles. The van der Waals surface area contributed by atoms with Crippen LogP contribution in [-0.4, -0.2) is 18.5 Å². The zero-order valence-corrected chi connectivity index (χ0v) is 8.25. The summed E-state index contributed by atoms with van der Waals surface area (Å²) in [4.78, 5) is 10.6. The van der Waals surface area contributed by atoms with Crippen molar-refractivity contribution in [3.05, 3.63) is 0 Å². The van der Waals surface area contributed by atoms with E-state index >= 15 is 0 Å². The van der Waals surface area contributed by atoms with E-state index < -0.39 is 5.79 Å². The van der Waals surface area contributed by atoms with Crippen LogP contribution in [0.1, 0.15) is 45.4 Å². The molecule has 3 nitrogen and oxygen atoms in total. The SMILES string of the molecule is CC1(OOC2CCC2)CCCCO1. The quantitative estimate of drug-likeness (QED) is 0.500. The Hall–Kier alpha value is -0.120. The summed E-state index contributed by atoms with van der Waals surface area (Å²) >= 11 is 0. The summed E-state index contributed by atoms with van der Waals surface area (Å²) in [6.07, 6.45) is 7.12. The predicted octanol–water partition coefficient (Wildman–Crippen LogP) is 2.40. The number of rotatable bonds is 3. The maximum Gasteiger partial charge on any atom is 0.198 e. The highest BCUT2D eigenvalue weighted by molar-refractivity contribution is 4.69. The fourth-order valence-corrected chi connectivity index (χ4v) is 1.61. The van der Waals surface area contributed by atoms with Crippen molar-refractivity contribution >= 4 is 0 Å². The molecule has 2 rings (SSSR count). The van der Waals surface area contributed by atoms with Crippen LogP contribution in [0.5, 0.6) is 0 Å². The van der Waals surface area contributed by atoms with Crippen molar-refractivity contribution in [1.82, 2.24) is 0 Å². The van der Waals surface area contributed by atoms with E-state index in [0.717, 1.165) is 32.3 Å². The lowest BCUT2D eigenvalue weighted by molar-refractivity contribution is -0.452. The van der Waals surface area contributed by atoms with E-state index in [9.17, 15) is 0 Å². The molecule has 0 spiro atoms. The molecular weight excluding hydrogens is 168 g/mol. The molecule has 1 atom stereocenters. The van der Waals surface area contributed by atoms with Gasteiger partial charge in [0.1, 0.15) is 0 Å². The average molecular weight is 186 g/mol. The van der Waals surface area contributed by atoms with Gasteiger partial charge in [0, 0.05) is 6.42 Å². The van der Waals surface area contributed by atoms with E-state index in [1.165, 1.54) is 12.8 Å². The summed E-state index contributed by atoms with van der Waals surface area (Å²) in [5.41, 5.74) is 0. The Morgan fingerprint density at radius 3 is 2.62 bits per heavy atom. The van der Waals surface area contributed by atoms with Gasteiger partial charge in [0.25, 0.3) is 0 Å². The topological polar surface area (TPSA) is 27.7 Å². The summed E-state index contributed by atoms with van der Waals surface area (Å²) in [5.74, 6) is -0.478. The highest BCUT2D eigenvalue weighted by Crippen LogP contribution is 2.29. The molecule has 2 fully saturated rings. The van der Waals surface area contributed by atoms with Crippen LogP contribution in [0.15, 0.2) is 0 Å². The van der Waals surface area contributed by atoms with Crippen molar-refractivity contribution in [3.63, 3.8) is 0 Å². The zero-order valence-electron chi connectivity index (χ0n) is 8.25. The maximum absolute atomic E-state index is 5.54. The van der Waals surface area contributed by atoms with Gasteiger partial charge in [0.15, 0.2) is 5.79 Å². The first kappa shape index (κ1) is 9.44. The van der Waals surface area contributed by atoms with Crippen LogP contribution in [0.3, 0.4) is 0 Å². The molecule has 0 N–H and O–H groups in total. The van der Waals surface area contributed by atoms with Crippen LogP contribution in [0, 0.1) is 0 Å². The Labute approximate surface area is 79.3 Å². The van der Waals surface area contributed by atoms with Gasteiger partial charge in [-0.15, -0.1) is 0 Å². The lowest BCUT2D eigenvalue weighted by atomic mass is 9.97. The van der Waals surface area contributed by atoms with Crippen molar-refractivity contribution in [1.29, 1.82) is 0 Å². The van der Waals surface area contributed by atoms with Gasteiger partial charge in [0.2, 0.25) is 0 Å². The van der Waals surface area contributed by atoms with E-state index in [1.807, 2.05) is 6.92 Å². The third kappa shape index (κ3) is 2.42. The Morgan fingerprint density at radius 2 is 2.08 bits per heavy atom.